The Labute approximate surface area is 198 Å². The second-order valence-corrected chi connectivity index (χ2v) is 17.4. The molecular weight excluding hydrogens is 404 g/mol. The standard InChI is InChI=1S/C30H46OSi/c1-30(2,3)31-21-13-7-6-8-14-23-19-20-24(22-23)32(4,5)29-27-17-11-9-15-25(27)26-16-10-12-18-28(26)29/h9-12,15-18,23-25,27,29H,6-8,13-14,19-22H2,1-5H3. The summed E-state index contributed by atoms with van der Waals surface area (Å²) in [5.74, 6) is 2.30. The van der Waals surface area contributed by atoms with Crippen LogP contribution in [0.15, 0.2) is 48.6 Å². The zero-order chi connectivity index (χ0) is 22.8. The van der Waals surface area contributed by atoms with E-state index >= 15 is 0 Å². The Hall–Kier alpha value is -1.12. The van der Waals surface area contributed by atoms with E-state index in [0.717, 1.165) is 23.6 Å². The normalized spacial score (nSPS) is 29.3. The highest BCUT2D eigenvalue weighted by Crippen LogP contribution is 2.58. The average Bonchev–Trinajstić information content (AvgIpc) is 3.36. The zero-order valence-electron chi connectivity index (χ0n) is 21.3. The van der Waals surface area contributed by atoms with E-state index in [1.807, 2.05) is 0 Å². The number of fused-ring (bicyclic) bond motifs is 3. The molecule has 0 aliphatic heterocycles. The van der Waals surface area contributed by atoms with Crippen LogP contribution in [0.25, 0.3) is 0 Å². The fourth-order valence-electron chi connectivity index (χ4n) is 6.99. The van der Waals surface area contributed by atoms with E-state index in [2.05, 4.69) is 82.4 Å². The molecule has 4 rings (SSSR count). The van der Waals surface area contributed by atoms with Crippen molar-refractivity contribution < 1.29 is 4.74 Å². The summed E-state index contributed by atoms with van der Waals surface area (Å²) < 4.78 is 5.87. The molecule has 1 aromatic rings. The third-order valence-corrected chi connectivity index (χ3v) is 13.6. The van der Waals surface area contributed by atoms with Gasteiger partial charge in [0.05, 0.1) is 13.7 Å². The third kappa shape index (κ3) is 5.33. The highest BCUT2D eigenvalue weighted by molar-refractivity contribution is 6.80. The monoisotopic (exact) mass is 450 g/mol. The van der Waals surface area contributed by atoms with Gasteiger partial charge in [0.15, 0.2) is 0 Å². The van der Waals surface area contributed by atoms with Gasteiger partial charge in [-0.2, -0.15) is 0 Å². The number of rotatable bonds is 9. The summed E-state index contributed by atoms with van der Waals surface area (Å²) in [5, 5.41) is 0. The number of benzene rings is 1. The summed E-state index contributed by atoms with van der Waals surface area (Å²) >= 11 is 0. The van der Waals surface area contributed by atoms with Gasteiger partial charge in [0.25, 0.3) is 0 Å². The van der Waals surface area contributed by atoms with Gasteiger partial charge in [-0.05, 0) is 67.7 Å². The lowest BCUT2D eigenvalue weighted by molar-refractivity contribution is -0.00476. The van der Waals surface area contributed by atoms with E-state index in [-0.39, 0.29) is 5.60 Å². The van der Waals surface area contributed by atoms with Crippen LogP contribution in [0.3, 0.4) is 0 Å². The molecule has 176 valence electrons. The minimum Gasteiger partial charge on any atom is -0.376 e. The van der Waals surface area contributed by atoms with Crippen LogP contribution in [0.5, 0.6) is 0 Å². The summed E-state index contributed by atoms with van der Waals surface area (Å²) in [7, 11) is -1.42. The summed E-state index contributed by atoms with van der Waals surface area (Å²) in [4.78, 5) is 0. The van der Waals surface area contributed by atoms with Crippen LogP contribution in [0.4, 0.5) is 0 Å². The Morgan fingerprint density at radius 1 is 0.906 bits per heavy atom. The van der Waals surface area contributed by atoms with Gasteiger partial charge in [-0.25, -0.2) is 0 Å². The molecule has 0 heterocycles. The van der Waals surface area contributed by atoms with Crippen LogP contribution in [0.2, 0.25) is 18.6 Å². The summed E-state index contributed by atoms with van der Waals surface area (Å²) in [6.45, 7) is 12.8. The second kappa shape index (κ2) is 10.0. The quantitative estimate of drug-likeness (QED) is 0.270. The number of allylic oxidation sites excluding steroid dienone is 4. The molecule has 1 saturated carbocycles. The van der Waals surface area contributed by atoms with Crippen LogP contribution < -0.4 is 0 Å². The Morgan fingerprint density at radius 2 is 1.62 bits per heavy atom. The maximum Gasteiger partial charge on any atom is 0.0598 e. The van der Waals surface area contributed by atoms with E-state index in [0.29, 0.717) is 11.8 Å². The van der Waals surface area contributed by atoms with Gasteiger partial charge in [-0.15, -0.1) is 0 Å². The fourth-order valence-corrected chi connectivity index (χ4v) is 11.7. The van der Waals surface area contributed by atoms with Crippen molar-refractivity contribution in [3.05, 3.63) is 59.7 Å². The molecule has 1 aromatic carbocycles. The Balaban J connectivity index is 1.29. The van der Waals surface area contributed by atoms with Crippen molar-refractivity contribution in [3.8, 4) is 0 Å². The van der Waals surface area contributed by atoms with Crippen LogP contribution in [0, 0.1) is 11.8 Å². The summed E-state index contributed by atoms with van der Waals surface area (Å²) in [6.07, 6.45) is 20.9. The second-order valence-electron chi connectivity index (χ2n) is 12.3. The van der Waals surface area contributed by atoms with Crippen LogP contribution >= 0.6 is 0 Å². The first-order chi connectivity index (χ1) is 15.3. The molecule has 0 saturated heterocycles. The van der Waals surface area contributed by atoms with Gasteiger partial charge in [0.1, 0.15) is 0 Å². The first kappa shape index (κ1) is 24.0. The topological polar surface area (TPSA) is 9.23 Å². The molecule has 5 atom stereocenters. The molecule has 1 nitrogen and oxygen atoms in total. The number of hydrogen-bond donors (Lipinski definition) is 0. The predicted octanol–water partition coefficient (Wildman–Crippen LogP) is 8.79. The fraction of sp³-hybridized carbons (Fsp3) is 0.667. The molecule has 0 spiro atoms. The molecule has 2 heteroatoms. The smallest absolute Gasteiger partial charge is 0.0598 e. The predicted molar refractivity (Wildman–Crippen MR) is 141 cm³/mol. The van der Waals surface area contributed by atoms with E-state index in [4.69, 9.17) is 4.74 Å². The van der Waals surface area contributed by atoms with Crippen molar-refractivity contribution in [1.29, 1.82) is 0 Å². The van der Waals surface area contributed by atoms with Crippen molar-refractivity contribution in [2.75, 3.05) is 6.61 Å². The van der Waals surface area contributed by atoms with Gasteiger partial charge in [-0.1, -0.05) is 100 Å². The van der Waals surface area contributed by atoms with Gasteiger partial charge in [0, 0.05) is 12.5 Å². The highest BCUT2D eigenvalue weighted by Gasteiger charge is 2.51. The van der Waals surface area contributed by atoms with Crippen molar-refractivity contribution in [3.63, 3.8) is 0 Å². The van der Waals surface area contributed by atoms with Crippen LogP contribution in [-0.2, 0) is 4.74 Å². The van der Waals surface area contributed by atoms with Crippen LogP contribution in [-0.4, -0.2) is 20.3 Å². The third-order valence-electron chi connectivity index (χ3n) is 8.69. The van der Waals surface area contributed by atoms with E-state index in [9.17, 15) is 0 Å². The molecule has 5 unspecified atom stereocenters. The molecule has 0 radical (unpaired) electrons. The lowest BCUT2D eigenvalue weighted by Gasteiger charge is -2.40. The van der Waals surface area contributed by atoms with Crippen molar-refractivity contribution in [2.24, 2.45) is 11.8 Å². The first-order valence-corrected chi connectivity index (χ1v) is 16.5. The average molecular weight is 451 g/mol. The molecule has 0 N–H and O–H groups in total. The Bertz CT molecular complexity index is 814. The van der Waals surface area contributed by atoms with Crippen LogP contribution in [0.1, 0.15) is 94.7 Å². The summed E-state index contributed by atoms with van der Waals surface area (Å²) in [5.41, 5.74) is 5.10. The minimum absolute atomic E-state index is 0.0130. The lowest BCUT2D eigenvalue weighted by atomic mass is 9.89. The molecule has 3 aliphatic rings. The molecule has 0 aromatic heterocycles. The molecular formula is C30H46OSi. The van der Waals surface area contributed by atoms with E-state index < -0.39 is 8.07 Å². The van der Waals surface area contributed by atoms with E-state index in [1.54, 1.807) is 11.1 Å². The zero-order valence-corrected chi connectivity index (χ0v) is 22.3. The Morgan fingerprint density at radius 3 is 2.41 bits per heavy atom. The molecule has 0 bridgehead atoms. The minimum atomic E-state index is -1.42. The Kier molecular flexibility index (Phi) is 7.52. The molecule has 3 aliphatic carbocycles. The van der Waals surface area contributed by atoms with Gasteiger partial charge < -0.3 is 4.74 Å². The van der Waals surface area contributed by atoms with Gasteiger partial charge >= 0.3 is 0 Å². The SMILES string of the molecule is CC(C)(C)OCCCCCCC1CCC([Si](C)(C)C2c3ccccc3C3C=CC=CC32)C1. The number of hydrogen-bond acceptors (Lipinski definition) is 1. The maximum absolute atomic E-state index is 5.87. The summed E-state index contributed by atoms with van der Waals surface area (Å²) in [6, 6.07) is 9.40. The maximum atomic E-state index is 5.87. The van der Waals surface area contributed by atoms with Crippen molar-refractivity contribution >= 4 is 8.07 Å². The van der Waals surface area contributed by atoms with Crippen molar-refractivity contribution in [1.82, 2.24) is 0 Å². The molecule has 1 fully saturated rings. The highest BCUT2D eigenvalue weighted by atomic mass is 28.3. The largest absolute Gasteiger partial charge is 0.376 e. The lowest BCUT2D eigenvalue weighted by Crippen LogP contribution is -2.42. The molecule has 0 amide bonds. The van der Waals surface area contributed by atoms with E-state index in [1.165, 1.54) is 51.4 Å². The number of unbranched alkanes of at least 4 members (excludes halogenated alkanes) is 3. The first-order valence-electron chi connectivity index (χ1n) is 13.3. The van der Waals surface area contributed by atoms with Gasteiger partial charge in [0.2, 0.25) is 0 Å². The van der Waals surface area contributed by atoms with Crippen molar-refractivity contribution in [2.45, 2.75) is 108 Å². The van der Waals surface area contributed by atoms with Gasteiger partial charge in [-0.3, -0.25) is 0 Å². The number of ether oxygens (including phenoxy) is 1. The molecule has 32 heavy (non-hydrogen) atoms.